The van der Waals surface area contributed by atoms with E-state index < -0.39 is 0 Å². The second kappa shape index (κ2) is 6.72. The van der Waals surface area contributed by atoms with Crippen molar-refractivity contribution in [2.45, 2.75) is 0 Å². The number of amides is 4. The van der Waals surface area contributed by atoms with Crippen LogP contribution in [0.15, 0.2) is 60.8 Å². The lowest BCUT2D eigenvalue weighted by molar-refractivity contribution is 0.252. The Morgan fingerprint density at radius 3 is 2.73 bits per heavy atom. The summed E-state index contributed by atoms with van der Waals surface area (Å²) in [5.74, 6) is 0. The molecule has 7 heteroatoms. The van der Waals surface area contributed by atoms with Crippen LogP contribution in [0.5, 0.6) is 0 Å². The van der Waals surface area contributed by atoms with Gasteiger partial charge in [0, 0.05) is 29.9 Å². The van der Waals surface area contributed by atoms with Crippen LogP contribution in [0.1, 0.15) is 0 Å². The average molecular weight is 347 g/mol. The molecule has 0 radical (unpaired) electrons. The van der Waals surface area contributed by atoms with Crippen molar-refractivity contribution in [2.24, 2.45) is 0 Å². The maximum atomic E-state index is 12.3. The highest BCUT2D eigenvalue weighted by atomic mass is 16.2. The van der Waals surface area contributed by atoms with E-state index in [1.165, 1.54) is 0 Å². The van der Waals surface area contributed by atoms with Crippen LogP contribution in [0.2, 0.25) is 0 Å². The van der Waals surface area contributed by atoms with Crippen LogP contribution in [-0.2, 0) is 0 Å². The van der Waals surface area contributed by atoms with Crippen molar-refractivity contribution >= 4 is 40.0 Å². The number of urea groups is 2. The van der Waals surface area contributed by atoms with Gasteiger partial charge in [-0.05, 0) is 30.3 Å². The third-order valence-corrected chi connectivity index (χ3v) is 4.12. The molecule has 3 N–H and O–H groups in total. The monoisotopic (exact) mass is 347 g/mol. The van der Waals surface area contributed by atoms with Crippen LogP contribution in [0.25, 0.3) is 10.9 Å². The van der Waals surface area contributed by atoms with Crippen molar-refractivity contribution in [1.29, 1.82) is 0 Å². The van der Waals surface area contributed by atoms with Crippen LogP contribution in [0.3, 0.4) is 0 Å². The molecule has 0 saturated carbocycles. The maximum absolute atomic E-state index is 12.3. The molecule has 0 unspecified atom stereocenters. The summed E-state index contributed by atoms with van der Waals surface area (Å²) in [6, 6.07) is 16.2. The maximum Gasteiger partial charge on any atom is 0.323 e. The molecule has 1 fully saturated rings. The van der Waals surface area contributed by atoms with Crippen molar-refractivity contribution in [3.63, 3.8) is 0 Å². The lowest BCUT2D eigenvalue weighted by Gasteiger charge is -2.15. The van der Waals surface area contributed by atoms with E-state index in [1.807, 2.05) is 36.4 Å². The second-order valence-electron chi connectivity index (χ2n) is 5.93. The molecule has 4 rings (SSSR count). The van der Waals surface area contributed by atoms with Crippen LogP contribution in [-0.4, -0.2) is 30.1 Å². The summed E-state index contributed by atoms with van der Waals surface area (Å²) < 4.78 is 0. The standard InChI is InChI=1S/C19H17N5O2/c25-18(23-15-10-13-4-1-2-7-17(13)21-12-15)22-14-5-3-6-16(11-14)24-9-8-20-19(24)26/h1-7,10-12H,8-9H2,(H,20,26)(H2,22,23,25). The SMILES string of the molecule is O=C(Nc1cccc(N2CCNC2=O)c1)Nc1cnc2ccccc2c1. The molecule has 1 aliphatic heterocycles. The molecule has 26 heavy (non-hydrogen) atoms. The predicted octanol–water partition coefficient (Wildman–Crippen LogP) is 3.41. The highest BCUT2D eigenvalue weighted by Crippen LogP contribution is 2.21. The molecule has 2 aromatic carbocycles. The largest absolute Gasteiger partial charge is 0.336 e. The number of hydrogen-bond donors (Lipinski definition) is 3. The summed E-state index contributed by atoms with van der Waals surface area (Å²) in [7, 11) is 0. The van der Waals surface area contributed by atoms with Gasteiger partial charge < -0.3 is 16.0 Å². The minimum atomic E-state index is -0.370. The van der Waals surface area contributed by atoms with Gasteiger partial charge in [0.25, 0.3) is 0 Å². The zero-order valence-corrected chi connectivity index (χ0v) is 13.9. The van der Waals surface area contributed by atoms with E-state index >= 15 is 0 Å². The van der Waals surface area contributed by atoms with Gasteiger partial charge in [0.15, 0.2) is 0 Å². The van der Waals surface area contributed by atoms with E-state index in [-0.39, 0.29) is 12.1 Å². The number of carbonyl (C=O) groups excluding carboxylic acids is 2. The smallest absolute Gasteiger partial charge is 0.323 e. The molecular weight excluding hydrogens is 330 g/mol. The normalized spacial score (nSPS) is 13.5. The van der Waals surface area contributed by atoms with Crippen molar-refractivity contribution in [2.75, 3.05) is 28.6 Å². The van der Waals surface area contributed by atoms with Gasteiger partial charge in [-0.1, -0.05) is 24.3 Å². The lowest BCUT2D eigenvalue weighted by atomic mass is 10.2. The Bertz CT molecular complexity index is 988. The van der Waals surface area contributed by atoms with Crippen LogP contribution in [0.4, 0.5) is 26.7 Å². The minimum Gasteiger partial charge on any atom is -0.336 e. The fourth-order valence-electron chi connectivity index (χ4n) is 2.90. The first kappa shape index (κ1) is 15.9. The van der Waals surface area contributed by atoms with Crippen LogP contribution in [0, 0.1) is 0 Å². The van der Waals surface area contributed by atoms with Gasteiger partial charge in [-0.25, -0.2) is 9.59 Å². The topological polar surface area (TPSA) is 86.4 Å². The van der Waals surface area contributed by atoms with Crippen molar-refractivity contribution in [3.8, 4) is 0 Å². The number of rotatable bonds is 3. The minimum absolute atomic E-state index is 0.131. The van der Waals surface area contributed by atoms with E-state index in [2.05, 4.69) is 20.9 Å². The molecule has 2 heterocycles. The van der Waals surface area contributed by atoms with Gasteiger partial charge in [-0.15, -0.1) is 0 Å². The van der Waals surface area contributed by atoms with E-state index in [0.717, 1.165) is 16.6 Å². The molecule has 1 aliphatic rings. The van der Waals surface area contributed by atoms with Gasteiger partial charge in [0.1, 0.15) is 0 Å². The summed E-state index contributed by atoms with van der Waals surface area (Å²) in [6.45, 7) is 1.23. The van der Waals surface area contributed by atoms with E-state index in [0.29, 0.717) is 24.5 Å². The van der Waals surface area contributed by atoms with Gasteiger partial charge >= 0.3 is 12.1 Å². The number of nitrogens with one attached hydrogen (secondary N) is 3. The molecule has 0 spiro atoms. The van der Waals surface area contributed by atoms with Gasteiger partial charge in [-0.3, -0.25) is 9.88 Å². The molecule has 7 nitrogen and oxygen atoms in total. The molecule has 130 valence electrons. The second-order valence-corrected chi connectivity index (χ2v) is 5.93. The number of benzene rings is 2. The fourth-order valence-corrected chi connectivity index (χ4v) is 2.90. The van der Waals surface area contributed by atoms with Crippen LogP contribution < -0.4 is 20.9 Å². The quantitative estimate of drug-likeness (QED) is 0.678. The zero-order chi connectivity index (χ0) is 17.9. The van der Waals surface area contributed by atoms with Gasteiger partial charge in [0.05, 0.1) is 17.4 Å². The van der Waals surface area contributed by atoms with E-state index in [4.69, 9.17) is 0 Å². The molecule has 1 saturated heterocycles. The molecular formula is C19H17N5O2. The van der Waals surface area contributed by atoms with Crippen LogP contribution >= 0.6 is 0 Å². The fraction of sp³-hybridized carbons (Fsp3) is 0.105. The summed E-state index contributed by atoms with van der Waals surface area (Å²) in [5.41, 5.74) is 2.82. The molecule has 0 bridgehead atoms. The number of hydrogen-bond acceptors (Lipinski definition) is 3. The summed E-state index contributed by atoms with van der Waals surface area (Å²) in [5, 5.41) is 9.26. The van der Waals surface area contributed by atoms with Gasteiger partial charge in [-0.2, -0.15) is 0 Å². The number of para-hydroxylation sites is 1. The van der Waals surface area contributed by atoms with Gasteiger partial charge in [0.2, 0.25) is 0 Å². The third kappa shape index (κ3) is 3.27. The van der Waals surface area contributed by atoms with E-state index in [1.54, 1.807) is 29.3 Å². The number of fused-ring (bicyclic) bond motifs is 1. The number of carbonyl (C=O) groups is 2. The molecule has 4 amide bonds. The lowest BCUT2D eigenvalue weighted by Crippen LogP contribution is -2.27. The first-order chi connectivity index (χ1) is 12.7. The summed E-state index contributed by atoms with van der Waals surface area (Å²) in [4.78, 5) is 30.0. The third-order valence-electron chi connectivity index (χ3n) is 4.12. The zero-order valence-electron chi connectivity index (χ0n) is 13.9. The average Bonchev–Trinajstić information content (AvgIpc) is 3.08. The Balaban J connectivity index is 1.46. The number of aromatic nitrogens is 1. The molecule has 1 aromatic heterocycles. The Kier molecular flexibility index (Phi) is 4.10. The van der Waals surface area contributed by atoms with E-state index in [9.17, 15) is 9.59 Å². The first-order valence-corrected chi connectivity index (χ1v) is 8.27. The molecule has 0 aliphatic carbocycles. The summed E-state index contributed by atoms with van der Waals surface area (Å²) in [6.07, 6.45) is 1.62. The Morgan fingerprint density at radius 1 is 1.04 bits per heavy atom. The first-order valence-electron chi connectivity index (χ1n) is 8.27. The van der Waals surface area contributed by atoms with Crippen molar-refractivity contribution < 1.29 is 9.59 Å². The Morgan fingerprint density at radius 2 is 1.88 bits per heavy atom. The number of anilines is 3. The number of nitrogens with zero attached hydrogens (tertiary/aromatic N) is 2. The Labute approximate surface area is 150 Å². The molecule has 0 atom stereocenters. The van der Waals surface area contributed by atoms with Crippen molar-refractivity contribution in [1.82, 2.24) is 10.3 Å². The predicted molar refractivity (Wildman–Crippen MR) is 102 cm³/mol. The Hall–Kier alpha value is -3.61. The number of pyridine rings is 1. The van der Waals surface area contributed by atoms with Crippen molar-refractivity contribution in [3.05, 3.63) is 60.8 Å². The highest BCUT2D eigenvalue weighted by Gasteiger charge is 2.21. The summed E-state index contributed by atoms with van der Waals surface area (Å²) >= 11 is 0. The highest BCUT2D eigenvalue weighted by molar-refractivity contribution is 6.01. The molecule has 3 aromatic rings.